The van der Waals surface area contributed by atoms with E-state index in [1.54, 1.807) is 0 Å². The van der Waals surface area contributed by atoms with Gasteiger partial charge in [0.15, 0.2) is 0 Å². The van der Waals surface area contributed by atoms with E-state index in [2.05, 4.69) is 38.0 Å². The molecule has 1 nitrogen and oxygen atoms in total. The average Bonchev–Trinajstić information content (AvgIpc) is 2.40. The van der Waals surface area contributed by atoms with Gasteiger partial charge in [-0.15, -0.1) is 5.73 Å². The summed E-state index contributed by atoms with van der Waals surface area (Å²) in [5, 5.41) is 10.5. The van der Waals surface area contributed by atoms with Gasteiger partial charge in [0, 0.05) is 5.92 Å². The van der Waals surface area contributed by atoms with Crippen LogP contribution >= 0.6 is 0 Å². The number of aliphatic hydroxyl groups excluding tert-OH is 1. The van der Waals surface area contributed by atoms with E-state index in [0.717, 1.165) is 19.3 Å². The second kappa shape index (κ2) is 8.87. The predicted molar refractivity (Wildman–Crippen MR) is 91.7 cm³/mol. The van der Waals surface area contributed by atoms with Gasteiger partial charge in [-0.2, -0.15) is 0 Å². The first-order valence-electron chi connectivity index (χ1n) is 8.58. The number of unbranched alkanes of at least 4 members (excludes halogenated alkanes) is 3. The van der Waals surface area contributed by atoms with Gasteiger partial charge < -0.3 is 5.11 Å². The molecule has 1 unspecified atom stereocenters. The van der Waals surface area contributed by atoms with Gasteiger partial charge in [-0.05, 0) is 31.3 Å². The van der Waals surface area contributed by atoms with Gasteiger partial charge in [0.25, 0.3) is 0 Å². The zero-order valence-corrected chi connectivity index (χ0v) is 15.0. The van der Waals surface area contributed by atoms with Crippen LogP contribution in [0.3, 0.4) is 0 Å². The van der Waals surface area contributed by atoms with Gasteiger partial charge in [0.2, 0.25) is 0 Å². The van der Waals surface area contributed by atoms with Crippen LogP contribution in [-0.2, 0) is 0 Å². The lowest BCUT2D eigenvalue weighted by molar-refractivity contribution is 0.0996. The van der Waals surface area contributed by atoms with Crippen LogP contribution < -0.4 is 0 Å². The van der Waals surface area contributed by atoms with Crippen molar-refractivity contribution in [2.45, 2.75) is 90.5 Å². The van der Waals surface area contributed by atoms with E-state index in [9.17, 15) is 5.11 Å². The number of hydrogen-bond donors (Lipinski definition) is 1. The van der Waals surface area contributed by atoms with Crippen LogP contribution in [0.2, 0.25) is 19.6 Å². The predicted octanol–water partition coefficient (Wildman–Crippen LogP) is 5.47. The molecule has 0 spiro atoms. The van der Waals surface area contributed by atoms with E-state index in [4.69, 9.17) is 0 Å². The minimum absolute atomic E-state index is 0.135. The Morgan fingerprint density at radius 2 is 2.00 bits per heavy atom. The molecule has 0 aromatic rings. The van der Waals surface area contributed by atoms with Gasteiger partial charge in [-0.3, -0.25) is 0 Å². The van der Waals surface area contributed by atoms with Crippen molar-refractivity contribution in [3.8, 4) is 0 Å². The Balaban J connectivity index is 2.62. The summed E-state index contributed by atoms with van der Waals surface area (Å²) in [4.78, 5) is 0. The Hall–Kier alpha value is -0.303. The van der Waals surface area contributed by atoms with E-state index in [0.29, 0.717) is 5.92 Å². The van der Waals surface area contributed by atoms with Gasteiger partial charge in [0.05, 0.1) is 14.2 Å². The van der Waals surface area contributed by atoms with Crippen molar-refractivity contribution < 1.29 is 5.11 Å². The summed E-state index contributed by atoms with van der Waals surface area (Å²) < 4.78 is 0. The molecule has 116 valence electrons. The SMILES string of the molecule is CCCCCCC(O)[C@@H]1CCCCC1=C=C[Si](C)(C)C. The fourth-order valence-electron chi connectivity index (χ4n) is 2.93. The van der Waals surface area contributed by atoms with Gasteiger partial charge in [-0.1, -0.05) is 64.4 Å². The highest BCUT2D eigenvalue weighted by molar-refractivity contribution is 6.80. The van der Waals surface area contributed by atoms with Crippen molar-refractivity contribution >= 4 is 8.07 Å². The first-order valence-corrected chi connectivity index (χ1v) is 12.2. The third-order valence-corrected chi connectivity index (χ3v) is 5.18. The van der Waals surface area contributed by atoms with Crippen LogP contribution in [-0.4, -0.2) is 19.3 Å². The maximum absolute atomic E-state index is 10.5. The molecule has 0 aromatic heterocycles. The molecule has 1 aliphatic rings. The highest BCUT2D eigenvalue weighted by atomic mass is 28.3. The minimum atomic E-state index is -1.18. The number of hydrogen-bond acceptors (Lipinski definition) is 1. The van der Waals surface area contributed by atoms with Crippen LogP contribution in [0, 0.1) is 5.92 Å². The molecule has 1 rings (SSSR count). The lowest BCUT2D eigenvalue weighted by Crippen LogP contribution is -2.25. The lowest BCUT2D eigenvalue weighted by Gasteiger charge is -2.28. The van der Waals surface area contributed by atoms with Crippen molar-refractivity contribution in [1.29, 1.82) is 0 Å². The first kappa shape index (κ1) is 17.7. The second-order valence-electron chi connectivity index (χ2n) is 7.45. The first-order chi connectivity index (χ1) is 9.44. The van der Waals surface area contributed by atoms with Crippen LogP contribution in [0.4, 0.5) is 0 Å². The summed E-state index contributed by atoms with van der Waals surface area (Å²) in [6.07, 6.45) is 10.7. The van der Waals surface area contributed by atoms with Crippen LogP contribution in [0.1, 0.15) is 64.7 Å². The van der Waals surface area contributed by atoms with E-state index in [1.807, 2.05) is 0 Å². The Bertz CT molecular complexity index is 334. The molecule has 1 saturated carbocycles. The second-order valence-corrected chi connectivity index (χ2v) is 12.5. The molecule has 0 heterocycles. The van der Waals surface area contributed by atoms with E-state index >= 15 is 0 Å². The summed E-state index contributed by atoms with van der Waals surface area (Å²) in [7, 11) is -1.18. The highest BCUT2D eigenvalue weighted by Crippen LogP contribution is 2.33. The molecule has 20 heavy (non-hydrogen) atoms. The summed E-state index contributed by atoms with van der Waals surface area (Å²) in [6.45, 7) is 9.28. The normalized spacial score (nSPS) is 21.4. The van der Waals surface area contributed by atoms with Crippen molar-refractivity contribution in [2.75, 3.05) is 0 Å². The van der Waals surface area contributed by atoms with Crippen LogP contribution in [0.25, 0.3) is 0 Å². The molecular weight excluding hydrogens is 260 g/mol. The quantitative estimate of drug-likeness (QED) is 0.375. The maximum atomic E-state index is 10.5. The summed E-state index contributed by atoms with van der Waals surface area (Å²) in [6, 6.07) is 0. The van der Waals surface area contributed by atoms with Gasteiger partial charge in [-0.25, -0.2) is 0 Å². The maximum Gasteiger partial charge on any atom is 0.0781 e. The Morgan fingerprint density at radius 3 is 2.65 bits per heavy atom. The zero-order valence-electron chi connectivity index (χ0n) is 14.0. The molecule has 0 aromatic carbocycles. The molecule has 1 fully saturated rings. The fourth-order valence-corrected chi connectivity index (χ4v) is 3.55. The molecule has 0 amide bonds. The summed E-state index contributed by atoms with van der Waals surface area (Å²) in [5.41, 5.74) is 7.32. The third-order valence-electron chi connectivity index (χ3n) is 4.17. The fraction of sp³-hybridized carbons (Fsp3) is 0.833. The zero-order chi connectivity index (χ0) is 15.0. The Labute approximate surface area is 127 Å². The summed E-state index contributed by atoms with van der Waals surface area (Å²) in [5.74, 6) is 0.387. The molecular formula is C18H34OSi. The largest absolute Gasteiger partial charge is 0.392 e. The molecule has 2 atom stereocenters. The van der Waals surface area contributed by atoms with E-state index in [-0.39, 0.29) is 6.10 Å². The van der Waals surface area contributed by atoms with Crippen molar-refractivity contribution in [3.63, 3.8) is 0 Å². The average molecular weight is 295 g/mol. The van der Waals surface area contributed by atoms with Crippen LogP contribution in [0.15, 0.2) is 17.0 Å². The highest BCUT2D eigenvalue weighted by Gasteiger charge is 2.25. The topological polar surface area (TPSA) is 20.2 Å². The van der Waals surface area contributed by atoms with Crippen molar-refractivity contribution in [1.82, 2.24) is 0 Å². The Kier molecular flexibility index (Phi) is 7.87. The van der Waals surface area contributed by atoms with Gasteiger partial charge >= 0.3 is 0 Å². The van der Waals surface area contributed by atoms with E-state index in [1.165, 1.54) is 44.1 Å². The van der Waals surface area contributed by atoms with Crippen LogP contribution in [0.5, 0.6) is 0 Å². The number of aliphatic hydroxyl groups is 1. The molecule has 1 aliphatic carbocycles. The van der Waals surface area contributed by atoms with E-state index < -0.39 is 8.07 Å². The van der Waals surface area contributed by atoms with Gasteiger partial charge in [0.1, 0.15) is 0 Å². The molecule has 0 bridgehead atoms. The third kappa shape index (κ3) is 6.92. The smallest absolute Gasteiger partial charge is 0.0781 e. The summed E-state index contributed by atoms with van der Waals surface area (Å²) >= 11 is 0. The monoisotopic (exact) mass is 294 g/mol. The standard InChI is InChI=1S/C18H34OSi/c1-5-6-7-8-13-18(19)17-12-10-9-11-16(17)14-15-20(2,3)4/h15,17-19H,5-13H2,1-4H3/t14?,17-,18?/m1/s1. The molecule has 0 saturated heterocycles. The molecule has 0 radical (unpaired) electrons. The molecule has 1 N–H and O–H groups in total. The molecule has 0 aliphatic heterocycles. The lowest BCUT2D eigenvalue weighted by atomic mass is 9.80. The van der Waals surface area contributed by atoms with Crippen molar-refractivity contribution in [2.24, 2.45) is 5.92 Å². The minimum Gasteiger partial charge on any atom is -0.392 e. The Morgan fingerprint density at radius 1 is 1.25 bits per heavy atom. The van der Waals surface area contributed by atoms with Crippen molar-refractivity contribution in [3.05, 3.63) is 17.0 Å². The molecule has 2 heteroatoms. The number of rotatable bonds is 7.